The van der Waals surface area contributed by atoms with E-state index in [1.165, 1.54) is 0 Å². The summed E-state index contributed by atoms with van der Waals surface area (Å²) in [6, 6.07) is 14.0. The van der Waals surface area contributed by atoms with Crippen LogP contribution in [-0.4, -0.2) is 12.0 Å². The zero-order valence-corrected chi connectivity index (χ0v) is 12.0. The SMILES string of the molecule is C/C=C/c1ccccc1OCc1cccc(CNC)n1. The van der Waals surface area contributed by atoms with Gasteiger partial charge in [0.25, 0.3) is 0 Å². The number of ether oxygens (including phenoxy) is 1. The third kappa shape index (κ3) is 3.93. The fraction of sp³-hybridized carbons (Fsp3) is 0.235. The van der Waals surface area contributed by atoms with Gasteiger partial charge in [-0.3, -0.25) is 4.98 Å². The van der Waals surface area contributed by atoms with Crippen LogP contribution in [0.2, 0.25) is 0 Å². The molecule has 0 radical (unpaired) electrons. The standard InChI is InChI=1S/C17H20N2O/c1-3-7-14-8-4-5-11-17(14)20-13-16-10-6-9-15(19-16)12-18-2/h3-11,18H,12-13H2,1-2H3/b7-3+. The molecule has 20 heavy (non-hydrogen) atoms. The molecule has 1 N–H and O–H groups in total. The Morgan fingerprint density at radius 3 is 2.70 bits per heavy atom. The summed E-state index contributed by atoms with van der Waals surface area (Å²) in [5.74, 6) is 0.881. The highest BCUT2D eigenvalue weighted by atomic mass is 16.5. The van der Waals surface area contributed by atoms with Crippen LogP contribution in [0.1, 0.15) is 23.9 Å². The Kier molecular flexibility index (Phi) is 5.33. The van der Waals surface area contributed by atoms with Crippen molar-refractivity contribution in [3.05, 3.63) is 65.5 Å². The maximum absolute atomic E-state index is 5.87. The highest BCUT2D eigenvalue weighted by molar-refractivity contribution is 5.56. The number of hydrogen-bond donors (Lipinski definition) is 1. The van der Waals surface area contributed by atoms with Crippen molar-refractivity contribution < 1.29 is 4.74 Å². The molecule has 0 aliphatic heterocycles. The molecule has 0 saturated carbocycles. The minimum atomic E-state index is 0.478. The minimum Gasteiger partial charge on any atom is -0.487 e. The minimum absolute atomic E-state index is 0.478. The summed E-state index contributed by atoms with van der Waals surface area (Å²) in [6.45, 7) is 3.24. The van der Waals surface area contributed by atoms with Crippen molar-refractivity contribution >= 4 is 6.08 Å². The molecule has 0 spiro atoms. The van der Waals surface area contributed by atoms with Crippen LogP contribution in [-0.2, 0) is 13.2 Å². The lowest BCUT2D eigenvalue weighted by Crippen LogP contribution is -2.08. The van der Waals surface area contributed by atoms with Gasteiger partial charge in [0.05, 0.1) is 11.4 Å². The number of hydrogen-bond acceptors (Lipinski definition) is 3. The summed E-state index contributed by atoms with van der Waals surface area (Å²) in [5, 5.41) is 3.10. The molecule has 0 aliphatic rings. The summed E-state index contributed by atoms with van der Waals surface area (Å²) in [7, 11) is 1.91. The van der Waals surface area contributed by atoms with Crippen LogP contribution in [0.3, 0.4) is 0 Å². The van der Waals surface area contributed by atoms with Crippen molar-refractivity contribution in [2.75, 3.05) is 7.05 Å². The van der Waals surface area contributed by atoms with E-state index in [2.05, 4.69) is 10.3 Å². The smallest absolute Gasteiger partial charge is 0.130 e. The highest BCUT2D eigenvalue weighted by Crippen LogP contribution is 2.20. The van der Waals surface area contributed by atoms with Gasteiger partial charge in [-0.05, 0) is 32.2 Å². The second-order valence-electron chi connectivity index (χ2n) is 4.48. The predicted octanol–water partition coefficient (Wildman–Crippen LogP) is 3.41. The fourth-order valence-electron chi connectivity index (χ4n) is 1.97. The monoisotopic (exact) mass is 268 g/mol. The van der Waals surface area contributed by atoms with Gasteiger partial charge in [0.15, 0.2) is 0 Å². The molecule has 0 saturated heterocycles. The average molecular weight is 268 g/mol. The molecular weight excluding hydrogens is 248 g/mol. The fourth-order valence-corrected chi connectivity index (χ4v) is 1.97. The first-order chi connectivity index (χ1) is 9.83. The molecule has 0 atom stereocenters. The van der Waals surface area contributed by atoms with E-state index in [1.54, 1.807) is 0 Å². The van der Waals surface area contributed by atoms with Crippen LogP contribution in [0, 0.1) is 0 Å². The molecule has 0 aliphatic carbocycles. The molecule has 3 nitrogen and oxygen atoms in total. The Morgan fingerprint density at radius 2 is 1.90 bits per heavy atom. The van der Waals surface area contributed by atoms with Crippen LogP contribution in [0.4, 0.5) is 0 Å². The van der Waals surface area contributed by atoms with Gasteiger partial charge < -0.3 is 10.1 Å². The Balaban J connectivity index is 2.07. The van der Waals surface area contributed by atoms with Crippen LogP contribution in [0.25, 0.3) is 6.08 Å². The Morgan fingerprint density at radius 1 is 1.10 bits per heavy atom. The lowest BCUT2D eigenvalue weighted by Gasteiger charge is -2.09. The Hall–Kier alpha value is -2.13. The number of benzene rings is 1. The highest BCUT2D eigenvalue weighted by Gasteiger charge is 2.02. The first-order valence-electron chi connectivity index (χ1n) is 6.77. The molecule has 0 bridgehead atoms. The lowest BCUT2D eigenvalue weighted by atomic mass is 10.2. The number of para-hydroxylation sites is 1. The number of aromatic nitrogens is 1. The molecule has 0 fully saturated rings. The molecule has 0 unspecified atom stereocenters. The van der Waals surface area contributed by atoms with Gasteiger partial charge in [0.1, 0.15) is 12.4 Å². The molecule has 0 amide bonds. The van der Waals surface area contributed by atoms with E-state index in [4.69, 9.17) is 4.74 Å². The van der Waals surface area contributed by atoms with Crippen molar-refractivity contribution in [1.82, 2.24) is 10.3 Å². The van der Waals surface area contributed by atoms with E-state index in [0.717, 1.165) is 29.2 Å². The third-order valence-corrected chi connectivity index (χ3v) is 2.86. The van der Waals surface area contributed by atoms with Crippen molar-refractivity contribution in [2.45, 2.75) is 20.1 Å². The molecular formula is C17H20N2O. The van der Waals surface area contributed by atoms with Crippen LogP contribution >= 0.6 is 0 Å². The molecule has 2 aromatic rings. The van der Waals surface area contributed by atoms with Crippen LogP contribution in [0.5, 0.6) is 5.75 Å². The van der Waals surface area contributed by atoms with E-state index < -0.39 is 0 Å². The topological polar surface area (TPSA) is 34.1 Å². The first-order valence-corrected chi connectivity index (χ1v) is 6.77. The maximum atomic E-state index is 5.87. The second kappa shape index (κ2) is 7.46. The summed E-state index contributed by atoms with van der Waals surface area (Å²) in [4.78, 5) is 4.55. The van der Waals surface area contributed by atoms with Crippen LogP contribution < -0.4 is 10.1 Å². The van der Waals surface area contributed by atoms with Gasteiger partial charge in [0.2, 0.25) is 0 Å². The van der Waals surface area contributed by atoms with Gasteiger partial charge in [0, 0.05) is 12.1 Å². The molecule has 1 aromatic carbocycles. The summed E-state index contributed by atoms with van der Waals surface area (Å²) < 4.78 is 5.87. The summed E-state index contributed by atoms with van der Waals surface area (Å²) in [5.41, 5.74) is 3.05. The lowest BCUT2D eigenvalue weighted by molar-refractivity contribution is 0.300. The predicted molar refractivity (Wildman–Crippen MR) is 82.5 cm³/mol. The van der Waals surface area contributed by atoms with Crippen molar-refractivity contribution in [1.29, 1.82) is 0 Å². The molecule has 2 rings (SSSR count). The Labute approximate surface area is 120 Å². The largest absolute Gasteiger partial charge is 0.487 e. The van der Waals surface area contributed by atoms with Gasteiger partial charge in [-0.25, -0.2) is 0 Å². The quantitative estimate of drug-likeness (QED) is 0.871. The normalized spacial score (nSPS) is 10.9. The van der Waals surface area contributed by atoms with Gasteiger partial charge in [-0.1, -0.05) is 36.4 Å². The number of nitrogens with one attached hydrogen (secondary N) is 1. The van der Waals surface area contributed by atoms with E-state index in [0.29, 0.717) is 6.61 Å². The summed E-state index contributed by atoms with van der Waals surface area (Å²) in [6.07, 6.45) is 4.05. The van der Waals surface area contributed by atoms with Crippen molar-refractivity contribution in [3.8, 4) is 5.75 Å². The average Bonchev–Trinajstić information content (AvgIpc) is 2.47. The van der Waals surface area contributed by atoms with E-state index in [9.17, 15) is 0 Å². The van der Waals surface area contributed by atoms with Gasteiger partial charge >= 0.3 is 0 Å². The molecule has 1 aromatic heterocycles. The number of allylic oxidation sites excluding steroid dienone is 1. The van der Waals surface area contributed by atoms with Crippen LogP contribution in [0.15, 0.2) is 48.5 Å². The number of nitrogens with zero attached hydrogens (tertiary/aromatic N) is 1. The van der Waals surface area contributed by atoms with Gasteiger partial charge in [-0.2, -0.15) is 0 Å². The number of pyridine rings is 1. The first kappa shape index (κ1) is 14.3. The summed E-state index contributed by atoms with van der Waals surface area (Å²) >= 11 is 0. The zero-order chi connectivity index (χ0) is 14.2. The second-order valence-corrected chi connectivity index (χ2v) is 4.48. The Bertz CT molecular complexity index is 579. The van der Waals surface area contributed by atoms with Crippen molar-refractivity contribution in [3.63, 3.8) is 0 Å². The molecule has 3 heteroatoms. The van der Waals surface area contributed by atoms with E-state index >= 15 is 0 Å². The van der Waals surface area contributed by atoms with E-state index in [-0.39, 0.29) is 0 Å². The van der Waals surface area contributed by atoms with Gasteiger partial charge in [-0.15, -0.1) is 0 Å². The molecule has 1 heterocycles. The molecule has 104 valence electrons. The maximum Gasteiger partial charge on any atom is 0.130 e. The van der Waals surface area contributed by atoms with E-state index in [1.807, 2.05) is 68.6 Å². The zero-order valence-electron chi connectivity index (χ0n) is 12.0. The number of rotatable bonds is 6. The third-order valence-electron chi connectivity index (χ3n) is 2.86. The van der Waals surface area contributed by atoms with Crippen molar-refractivity contribution in [2.24, 2.45) is 0 Å².